The Morgan fingerprint density at radius 1 is 1.02 bits per heavy atom. The molecule has 1 fully saturated rings. The number of ether oxygens (including phenoxy) is 4. The molecule has 4 atom stereocenters. The van der Waals surface area contributed by atoms with Gasteiger partial charge in [-0.1, -0.05) is 88.5 Å². The molecule has 1 aliphatic heterocycles. The van der Waals surface area contributed by atoms with Gasteiger partial charge in [-0.25, -0.2) is 14.0 Å². The summed E-state index contributed by atoms with van der Waals surface area (Å²) in [5.74, 6) is -2.49. The van der Waals surface area contributed by atoms with Crippen LogP contribution in [0.2, 0.25) is 25.7 Å². The number of carbonyl (C=O) groups excluding carboxylic acids is 2. The van der Waals surface area contributed by atoms with Crippen molar-refractivity contribution in [3.63, 3.8) is 0 Å². The summed E-state index contributed by atoms with van der Waals surface area (Å²) >= 11 is 0. The van der Waals surface area contributed by atoms with Gasteiger partial charge in [0.15, 0.2) is 11.9 Å². The summed E-state index contributed by atoms with van der Waals surface area (Å²) in [6, 6.07) is 13.3. The first-order valence-electron chi connectivity index (χ1n) is 15.9. The van der Waals surface area contributed by atoms with Gasteiger partial charge in [0.25, 0.3) is 0 Å². The molecule has 0 bridgehead atoms. The molecule has 0 aliphatic carbocycles. The van der Waals surface area contributed by atoms with Gasteiger partial charge in [-0.3, -0.25) is 0 Å². The highest BCUT2D eigenvalue weighted by atomic mass is 28.3. The van der Waals surface area contributed by atoms with Gasteiger partial charge in [-0.05, 0) is 81.3 Å². The van der Waals surface area contributed by atoms with Crippen molar-refractivity contribution in [2.24, 2.45) is 11.8 Å². The highest BCUT2D eigenvalue weighted by Gasteiger charge is 2.48. The van der Waals surface area contributed by atoms with Crippen LogP contribution in [0.3, 0.4) is 0 Å². The van der Waals surface area contributed by atoms with E-state index in [1.54, 1.807) is 44.2 Å². The molecular weight excluding hydrogens is 587 g/mol. The zero-order valence-electron chi connectivity index (χ0n) is 28.6. The average molecular weight is 639 g/mol. The van der Waals surface area contributed by atoms with Crippen LogP contribution in [0, 0.1) is 25.7 Å². The fraction of sp³-hybridized carbons (Fsp3) is 0.514. The van der Waals surface area contributed by atoms with Crippen LogP contribution in [-0.2, 0) is 18.9 Å². The van der Waals surface area contributed by atoms with Gasteiger partial charge in [0.05, 0.1) is 23.8 Å². The number of carbonyl (C=O) groups is 2. The van der Waals surface area contributed by atoms with Gasteiger partial charge in [0, 0.05) is 8.07 Å². The number of esters is 2. The second-order valence-electron chi connectivity index (χ2n) is 14.1. The average Bonchev–Trinajstić information content (AvgIpc) is 3.24. The molecule has 3 rings (SSSR count). The lowest BCUT2D eigenvalue weighted by Crippen LogP contribution is -2.39. The molecule has 1 heterocycles. The van der Waals surface area contributed by atoms with Crippen LogP contribution in [0.4, 0.5) is 4.39 Å². The first kappa shape index (κ1) is 36.4. The minimum Gasteiger partial charge on any atom is -0.462 e. The summed E-state index contributed by atoms with van der Waals surface area (Å²) in [7, 11) is -1.36. The van der Waals surface area contributed by atoms with E-state index in [-0.39, 0.29) is 17.8 Å². The quantitative estimate of drug-likeness (QED) is 0.161. The maximum absolute atomic E-state index is 16.0. The molecule has 2 aromatic carbocycles. The Hall–Kier alpha value is -3.07. The minimum absolute atomic E-state index is 0.0925. The predicted octanol–water partition coefficient (Wildman–Crippen LogP) is 9.09. The molecule has 45 heavy (non-hydrogen) atoms. The molecule has 0 aromatic heterocycles. The van der Waals surface area contributed by atoms with Crippen LogP contribution < -0.4 is 0 Å². The first-order chi connectivity index (χ1) is 21.0. The third-order valence-corrected chi connectivity index (χ3v) is 9.68. The zero-order valence-corrected chi connectivity index (χ0v) is 29.6. The molecule has 0 radical (unpaired) electrons. The van der Waals surface area contributed by atoms with E-state index in [2.05, 4.69) is 19.6 Å². The lowest BCUT2D eigenvalue weighted by Gasteiger charge is -2.26. The Morgan fingerprint density at radius 2 is 1.69 bits per heavy atom. The Bertz CT molecular complexity index is 1380. The first-order valence-corrected chi connectivity index (χ1v) is 19.6. The van der Waals surface area contributed by atoms with E-state index in [9.17, 15) is 9.59 Å². The predicted molar refractivity (Wildman–Crippen MR) is 181 cm³/mol. The van der Waals surface area contributed by atoms with Crippen LogP contribution in [0.15, 0.2) is 60.4 Å². The molecule has 0 spiro atoms. The van der Waals surface area contributed by atoms with E-state index in [1.807, 2.05) is 58.9 Å². The number of hydrogen-bond donors (Lipinski definition) is 0. The summed E-state index contributed by atoms with van der Waals surface area (Å²) in [5.41, 5.74) is 3.44. The van der Waals surface area contributed by atoms with Crippen molar-refractivity contribution in [1.82, 2.24) is 0 Å². The van der Waals surface area contributed by atoms with E-state index in [0.29, 0.717) is 24.2 Å². The summed E-state index contributed by atoms with van der Waals surface area (Å²) in [4.78, 5) is 26.3. The van der Waals surface area contributed by atoms with Crippen molar-refractivity contribution in [2.75, 3.05) is 6.61 Å². The highest BCUT2D eigenvalue weighted by molar-refractivity contribution is 6.76. The zero-order chi connectivity index (χ0) is 33.5. The smallest absolute Gasteiger partial charge is 0.338 e. The van der Waals surface area contributed by atoms with E-state index in [4.69, 9.17) is 18.9 Å². The summed E-state index contributed by atoms with van der Waals surface area (Å²) < 4.78 is 40.0. The largest absolute Gasteiger partial charge is 0.462 e. The van der Waals surface area contributed by atoms with Gasteiger partial charge in [-0.2, -0.15) is 0 Å². The van der Waals surface area contributed by atoms with Gasteiger partial charge in [0.2, 0.25) is 0 Å². The van der Waals surface area contributed by atoms with Crippen molar-refractivity contribution in [3.05, 3.63) is 88.3 Å². The Kier molecular flexibility index (Phi) is 12.5. The molecule has 2 aromatic rings. The van der Waals surface area contributed by atoms with Crippen LogP contribution in [0.1, 0.15) is 78.4 Å². The SMILES string of the molecule is Cc1cc(C)c(C(=O)OCC[Si](C)(C)C)c(/C=C/C[C@@H]2OC(C)(C)O[C@@H]2C(OC(=O)c2ccccc2)/C(F)=C\[C@H](C)C(C)C)c1. The molecule has 1 aliphatic rings. The maximum atomic E-state index is 16.0. The second-order valence-corrected chi connectivity index (χ2v) is 19.7. The van der Waals surface area contributed by atoms with Gasteiger partial charge in [-0.15, -0.1) is 0 Å². The van der Waals surface area contributed by atoms with Crippen molar-refractivity contribution in [2.45, 2.75) is 105 Å². The molecule has 0 saturated carbocycles. The number of benzene rings is 2. The normalized spacial score (nSPS) is 20.0. The van der Waals surface area contributed by atoms with Crippen LogP contribution in [0.25, 0.3) is 6.08 Å². The van der Waals surface area contributed by atoms with Crippen molar-refractivity contribution in [1.29, 1.82) is 0 Å². The molecule has 8 heteroatoms. The lowest BCUT2D eigenvalue weighted by atomic mass is 9.95. The highest BCUT2D eigenvalue weighted by Crippen LogP contribution is 2.36. The summed E-state index contributed by atoms with van der Waals surface area (Å²) in [6.07, 6.45) is 2.76. The number of allylic oxidation sites excluding steroid dienone is 1. The number of halogens is 1. The molecule has 246 valence electrons. The minimum atomic E-state index is -1.36. The van der Waals surface area contributed by atoms with E-state index in [1.165, 1.54) is 6.08 Å². The van der Waals surface area contributed by atoms with Crippen LogP contribution >= 0.6 is 0 Å². The van der Waals surface area contributed by atoms with Crippen molar-refractivity contribution < 1.29 is 32.9 Å². The summed E-state index contributed by atoms with van der Waals surface area (Å²) in [5, 5.41) is 0. The number of rotatable bonds is 13. The third-order valence-electron chi connectivity index (χ3n) is 7.97. The number of aryl methyl sites for hydroxylation is 2. The summed E-state index contributed by atoms with van der Waals surface area (Å²) in [6.45, 7) is 20.5. The second kappa shape index (κ2) is 15.5. The van der Waals surface area contributed by atoms with Gasteiger partial charge in [0.1, 0.15) is 11.9 Å². The molecule has 0 N–H and O–H groups in total. The monoisotopic (exact) mass is 638 g/mol. The van der Waals surface area contributed by atoms with Gasteiger partial charge >= 0.3 is 11.9 Å². The van der Waals surface area contributed by atoms with E-state index in [0.717, 1.165) is 22.7 Å². The standard InChI is InChI=1S/C37H51FO6Si/c1-24(2)26(4)23-30(38)33(42-35(39)28-15-12-11-13-16-28)34-31(43-37(6,7)44-34)18-14-17-29-22-25(3)21-27(5)32(29)36(40)41-19-20-45(8,9)10/h11-17,21-24,26,31,33-34H,18-20H2,1-10H3/b17-14+,30-23+/t26-,31-,33?,34-/m0/s1. The molecule has 1 unspecified atom stereocenters. The topological polar surface area (TPSA) is 71.1 Å². The third kappa shape index (κ3) is 10.8. The molecule has 0 amide bonds. The number of hydrogen-bond acceptors (Lipinski definition) is 6. The van der Waals surface area contributed by atoms with E-state index < -0.39 is 44.0 Å². The van der Waals surface area contributed by atoms with Gasteiger partial charge < -0.3 is 18.9 Å². The Balaban J connectivity index is 1.90. The van der Waals surface area contributed by atoms with Crippen LogP contribution in [-0.4, -0.2) is 50.7 Å². The Labute approximate surface area is 270 Å². The van der Waals surface area contributed by atoms with Crippen molar-refractivity contribution >= 4 is 26.1 Å². The van der Waals surface area contributed by atoms with E-state index >= 15 is 4.39 Å². The lowest BCUT2D eigenvalue weighted by molar-refractivity contribution is -0.154. The molecule has 1 saturated heterocycles. The van der Waals surface area contributed by atoms with Crippen molar-refractivity contribution in [3.8, 4) is 0 Å². The fourth-order valence-electron chi connectivity index (χ4n) is 5.14. The van der Waals surface area contributed by atoms with Crippen LogP contribution in [0.5, 0.6) is 0 Å². The molecule has 6 nitrogen and oxygen atoms in total. The molecular formula is C37H51FO6Si. The Morgan fingerprint density at radius 3 is 2.31 bits per heavy atom. The maximum Gasteiger partial charge on any atom is 0.338 e. The fourth-order valence-corrected chi connectivity index (χ4v) is 5.85.